The molecule has 0 saturated heterocycles. The van der Waals surface area contributed by atoms with Gasteiger partial charge in [0, 0.05) is 0 Å². The molecule has 0 aromatic heterocycles. The maximum Gasteiger partial charge on any atom is 0.295 e. The number of rotatable bonds is 12. The molecule has 12 nitrogen and oxygen atoms in total. The van der Waals surface area contributed by atoms with E-state index < -0.39 is 30.0 Å². The van der Waals surface area contributed by atoms with Crippen LogP contribution in [0.4, 0.5) is 22.7 Å². The van der Waals surface area contributed by atoms with Crippen LogP contribution in [0.15, 0.2) is 115 Å². The van der Waals surface area contributed by atoms with Crippen molar-refractivity contribution in [2.75, 3.05) is 13.2 Å². The van der Waals surface area contributed by atoms with Gasteiger partial charge in [-0.2, -0.15) is 37.3 Å². The van der Waals surface area contributed by atoms with Crippen molar-refractivity contribution in [3.63, 3.8) is 0 Å². The molecule has 0 radical (unpaired) electrons. The van der Waals surface area contributed by atoms with Crippen LogP contribution < -0.4 is 9.47 Å². The first-order chi connectivity index (χ1) is 21.0. The summed E-state index contributed by atoms with van der Waals surface area (Å²) in [4.78, 5) is -0.961. The number of azo groups is 2. The maximum absolute atomic E-state index is 12.2. The summed E-state index contributed by atoms with van der Waals surface area (Å²) >= 11 is 0. The van der Waals surface area contributed by atoms with Crippen molar-refractivity contribution in [1.29, 1.82) is 0 Å². The van der Waals surface area contributed by atoms with Gasteiger partial charge in [-0.25, -0.2) is 0 Å². The molecule has 0 aliphatic rings. The lowest BCUT2D eigenvalue weighted by Crippen LogP contribution is -2.01. The highest BCUT2D eigenvalue weighted by atomic mass is 32.2. The Kier molecular flexibility index (Phi) is 10.3. The maximum atomic E-state index is 12.2. The van der Waals surface area contributed by atoms with E-state index in [0.29, 0.717) is 36.1 Å². The minimum Gasteiger partial charge on any atom is -0.494 e. The van der Waals surface area contributed by atoms with Gasteiger partial charge in [0.25, 0.3) is 20.2 Å². The lowest BCUT2D eigenvalue weighted by Gasteiger charge is -2.06. The summed E-state index contributed by atoms with van der Waals surface area (Å²) in [5, 5.41) is 16.2. The van der Waals surface area contributed by atoms with Crippen molar-refractivity contribution >= 4 is 55.1 Å². The smallest absolute Gasteiger partial charge is 0.295 e. The lowest BCUT2D eigenvalue weighted by molar-refractivity contribution is 0.340. The highest BCUT2D eigenvalue weighted by molar-refractivity contribution is 7.86. The second kappa shape index (κ2) is 14.1. The Morgan fingerprint density at radius 3 is 1.18 bits per heavy atom. The highest BCUT2D eigenvalue weighted by Gasteiger charge is 2.17. The third kappa shape index (κ3) is 8.87. The highest BCUT2D eigenvalue weighted by Crippen LogP contribution is 2.30. The van der Waals surface area contributed by atoms with E-state index in [1.54, 1.807) is 48.5 Å². The van der Waals surface area contributed by atoms with Crippen LogP contribution in [-0.4, -0.2) is 39.2 Å². The monoisotopic (exact) mass is 636 g/mol. The van der Waals surface area contributed by atoms with Gasteiger partial charge in [0.2, 0.25) is 0 Å². The lowest BCUT2D eigenvalue weighted by atomic mass is 10.1. The molecule has 14 heteroatoms. The first-order valence-electron chi connectivity index (χ1n) is 13.2. The summed E-state index contributed by atoms with van der Waals surface area (Å²) in [6.45, 7) is 4.75. The number of benzene rings is 4. The Morgan fingerprint density at radius 2 is 0.864 bits per heavy atom. The van der Waals surface area contributed by atoms with Gasteiger partial charge in [0.15, 0.2) is 0 Å². The predicted octanol–water partition coefficient (Wildman–Crippen LogP) is 7.98. The van der Waals surface area contributed by atoms with Crippen molar-refractivity contribution in [2.24, 2.45) is 20.5 Å². The minimum atomic E-state index is -4.71. The summed E-state index contributed by atoms with van der Waals surface area (Å²) in [5.41, 5.74) is 1.34. The van der Waals surface area contributed by atoms with Crippen molar-refractivity contribution in [2.45, 2.75) is 23.6 Å². The number of nitrogens with zero attached hydrogens (tertiary/aromatic N) is 4. The fraction of sp³-hybridized carbons (Fsp3) is 0.133. The Balaban J connectivity index is 1.60. The van der Waals surface area contributed by atoms with E-state index >= 15 is 0 Å². The van der Waals surface area contributed by atoms with Crippen LogP contribution in [0.5, 0.6) is 11.5 Å². The van der Waals surface area contributed by atoms with Gasteiger partial charge in [0.1, 0.15) is 21.3 Å². The Bertz CT molecular complexity index is 1780. The second-order valence-corrected chi connectivity index (χ2v) is 11.8. The average Bonchev–Trinajstić information content (AvgIpc) is 2.99. The van der Waals surface area contributed by atoms with Gasteiger partial charge in [-0.3, -0.25) is 9.11 Å². The predicted molar refractivity (Wildman–Crippen MR) is 165 cm³/mol. The first-order valence-corrected chi connectivity index (χ1v) is 16.0. The SMILES string of the molecule is CCOc1ccc(/N=N/c2ccc(/C=C/c3ccc(/N=N/c4ccc(OCC)cc4)cc3S(=O)(=O)O)c(S(=O)(=O)O)c2)cc1. The largest absolute Gasteiger partial charge is 0.494 e. The quantitative estimate of drug-likeness (QED) is 0.0893. The Labute approximate surface area is 254 Å². The van der Waals surface area contributed by atoms with E-state index in [4.69, 9.17) is 9.47 Å². The molecule has 4 aromatic carbocycles. The normalized spacial score (nSPS) is 12.4. The van der Waals surface area contributed by atoms with Gasteiger partial charge in [-0.05, 0) is 97.8 Å². The molecule has 228 valence electrons. The van der Waals surface area contributed by atoms with Crippen molar-refractivity contribution < 1.29 is 35.4 Å². The van der Waals surface area contributed by atoms with E-state index in [2.05, 4.69) is 20.5 Å². The fourth-order valence-electron chi connectivity index (χ4n) is 3.85. The molecule has 0 unspecified atom stereocenters. The third-order valence-electron chi connectivity index (χ3n) is 5.85. The fourth-order valence-corrected chi connectivity index (χ4v) is 5.26. The second-order valence-electron chi connectivity index (χ2n) is 8.98. The molecule has 0 aliphatic heterocycles. The number of hydrogen-bond acceptors (Lipinski definition) is 10. The summed E-state index contributed by atoms with van der Waals surface area (Å²) in [7, 11) is -9.43. The standard InChI is InChI=1S/C30H28N4O8S2/c1-3-41-27-15-11-23(12-16-27)31-33-25-9-7-21(29(19-25)43(35,36)37)5-6-22-8-10-26(20-30(22)44(38,39)40)34-32-24-13-17-28(18-14-24)42-4-2/h5-20H,3-4H2,1-2H3,(H,35,36,37)(H,38,39,40)/b6-5+,33-31+,34-32+. The van der Waals surface area contributed by atoms with Crippen molar-refractivity contribution in [3.8, 4) is 11.5 Å². The molecule has 4 rings (SSSR count). The number of ether oxygens (including phenoxy) is 2. The van der Waals surface area contributed by atoms with Crippen LogP contribution in [0.1, 0.15) is 25.0 Å². The molecule has 2 N–H and O–H groups in total. The Morgan fingerprint density at radius 1 is 0.545 bits per heavy atom. The van der Waals surface area contributed by atoms with E-state index in [1.807, 2.05) is 13.8 Å². The summed E-state index contributed by atoms with van der Waals surface area (Å²) in [5.74, 6) is 1.33. The topological polar surface area (TPSA) is 177 Å². The van der Waals surface area contributed by atoms with Crippen molar-refractivity contribution in [1.82, 2.24) is 0 Å². The van der Waals surface area contributed by atoms with Crippen LogP contribution in [0, 0.1) is 0 Å². The molecule has 0 amide bonds. The third-order valence-corrected chi connectivity index (χ3v) is 7.67. The zero-order valence-electron chi connectivity index (χ0n) is 23.6. The van der Waals surface area contributed by atoms with E-state index in [1.165, 1.54) is 36.4 Å². The van der Waals surface area contributed by atoms with E-state index in [9.17, 15) is 25.9 Å². The average molecular weight is 637 g/mol. The molecule has 0 aliphatic carbocycles. The van der Waals surface area contributed by atoms with Crippen LogP contribution in [0.3, 0.4) is 0 Å². The molecular weight excluding hydrogens is 608 g/mol. The molecule has 44 heavy (non-hydrogen) atoms. The zero-order valence-corrected chi connectivity index (χ0v) is 25.2. The summed E-state index contributed by atoms with van der Waals surface area (Å²) < 4.78 is 79.2. The molecule has 0 spiro atoms. The molecular formula is C30H28N4O8S2. The molecule has 0 bridgehead atoms. The Hall–Kier alpha value is -4.76. The summed E-state index contributed by atoms with van der Waals surface area (Å²) in [6.07, 6.45) is 2.56. The van der Waals surface area contributed by atoms with Crippen LogP contribution in [0.25, 0.3) is 12.2 Å². The molecule has 4 aromatic rings. The van der Waals surface area contributed by atoms with Crippen LogP contribution in [0.2, 0.25) is 0 Å². The van der Waals surface area contributed by atoms with Gasteiger partial charge in [0.05, 0.1) is 36.0 Å². The van der Waals surface area contributed by atoms with E-state index in [-0.39, 0.29) is 22.5 Å². The van der Waals surface area contributed by atoms with Crippen molar-refractivity contribution in [3.05, 3.63) is 96.1 Å². The van der Waals surface area contributed by atoms with Crippen LogP contribution >= 0.6 is 0 Å². The molecule has 0 atom stereocenters. The minimum absolute atomic E-state index is 0.0352. The first kappa shape index (κ1) is 32.2. The van der Waals surface area contributed by atoms with E-state index in [0.717, 1.165) is 12.1 Å². The summed E-state index contributed by atoms with van der Waals surface area (Å²) in [6, 6.07) is 21.5. The van der Waals surface area contributed by atoms with Gasteiger partial charge in [-0.1, -0.05) is 24.3 Å². The van der Waals surface area contributed by atoms with Gasteiger partial charge < -0.3 is 9.47 Å². The molecule has 0 fully saturated rings. The van der Waals surface area contributed by atoms with Crippen LogP contribution in [-0.2, 0) is 20.2 Å². The van der Waals surface area contributed by atoms with Gasteiger partial charge in [-0.15, -0.1) is 0 Å². The molecule has 0 saturated carbocycles. The zero-order chi connectivity index (χ0) is 31.7. The molecule has 0 heterocycles. The van der Waals surface area contributed by atoms with Gasteiger partial charge >= 0.3 is 0 Å². The number of hydrogen-bond donors (Lipinski definition) is 2.